The number of fused-ring (bicyclic) bond motifs is 3. The zero-order valence-electron chi connectivity index (χ0n) is 10.7. The fourth-order valence-electron chi connectivity index (χ4n) is 3.18. The quantitative estimate of drug-likeness (QED) is 0.232. The first-order chi connectivity index (χ1) is 8.86. The van der Waals surface area contributed by atoms with Gasteiger partial charge in [0.05, 0.1) is 12.8 Å². The molecule has 3 aliphatic heterocycles. The lowest BCUT2D eigenvalue weighted by Crippen LogP contribution is -2.69. The van der Waals surface area contributed by atoms with Crippen molar-refractivity contribution in [2.24, 2.45) is 35.1 Å². The summed E-state index contributed by atoms with van der Waals surface area (Å²) in [6.45, 7) is 2.18. The summed E-state index contributed by atoms with van der Waals surface area (Å²) in [5.74, 6) is 36.6. The Kier molecular flexibility index (Phi) is 3.02. The van der Waals surface area contributed by atoms with Crippen LogP contribution < -0.4 is 35.1 Å². The zero-order chi connectivity index (χ0) is 14.1. The van der Waals surface area contributed by atoms with Crippen molar-refractivity contribution in [1.29, 1.82) is 0 Å². The third-order valence-electron chi connectivity index (χ3n) is 4.24. The first-order valence-electron chi connectivity index (χ1n) is 6.01. The fourth-order valence-corrected chi connectivity index (χ4v) is 3.18. The van der Waals surface area contributed by atoms with Gasteiger partial charge < -0.3 is 0 Å². The van der Waals surface area contributed by atoms with Gasteiger partial charge in [0.15, 0.2) is 0 Å². The highest BCUT2D eigenvalue weighted by molar-refractivity contribution is 5.01. The molecule has 3 bridgehead atoms. The number of hydrogen-bond donors (Lipinski definition) is 6. The molecule has 0 radical (unpaired) electrons. The van der Waals surface area contributed by atoms with E-state index in [-0.39, 0.29) is 18.5 Å². The van der Waals surface area contributed by atoms with E-state index in [1.165, 1.54) is 10.0 Å². The lowest BCUT2D eigenvalue weighted by molar-refractivity contribution is -0.0772. The predicted molar refractivity (Wildman–Crippen MR) is 65.6 cm³/mol. The summed E-state index contributed by atoms with van der Waals surface area (Å²) in [7, 11) is 0. The fraction of sp³-hybridized carbons (Fsp3) is 1.00. The maximum Gasteiger partial charge on any atom is 0.124 e. The highest BCUT2D eigenvalue weighted by Gasteiger charge is 2.60. The van der Waals surface area contributed by atoms with Gasteiger partial charge in [0.2, 0.25) is 0 Å². The molecule has 0 aliphatic carbocycles. The van der Waals surface area contributed by atoms with E-state index in [4.69, 9.17) is 35.1 Å². The van der Waals surface area contributed by atoms with Crippen molar-refractivity contribution in [2.75, 3.05) is 6.67 Å². The molecule has 5 atom stereocenters. The van der Waals surface area contributed by atoms with Crippen molar-refractivity contribution in [2.45, 2.75) is 37.8 Å². The second kappa shape index (κ2) is 4.26. The Balaban J connectivity index is 2.13. The van der Waals surface area contributed by atoms with E-state index in [0.29, 0.717) is 6.67 Å². The molecule has 12 N–H and O–H groups in total. The normalized spacial score (nSPS) is 47.8. The molecule has 3 heterocycles. The molecule has 12 nitrogen and oxygen atoms in total. The number of hydrogen-bond acceptors (Lipinski definition) is 12. The molecule has 110 valence electrons. The monoisotopic (exact) mass is 274 g/mol. The van der Waals surface area contributed by atoms with Gasteiger partial charge in [-0.1, -0.05) is 0 Å². The molecule has 0 aromatic heterocycles. The average Bonchev–Trinajstić information content (AvgIpc) is 2.52. The largest absolute Gasteiger partial charge is 0.266 e. The molecule has 3 saturated heterocycles. The Morgan fingerprint density at radius 1 is 0.632 bits per heavy atom. The van der Waals surface area contributed by atoms with Crippen molar-refractivity contribution in [3.8, 4) is 0 Å². The molecule has 0 aromatic rings. The van der Waals surface area contributed by atoms with E-state index in [0.717, 1.165) is 0 Å². The number of nitrogens with two attached hydrogens (primary N) is 6. The summed E-state index contributed by atoms with van der Waals surface area (Å²) in [4.78, 5) is 0. The van der Waals surface area contributed by atoms with Crippen LogP contribution >= 0.6 is 0 Å². The van der Waals surface area contributed by atoms with E-state index in [1.54, 1.807) is 20.0 Å². The number of nitrogens with zero attached hydrogens (tertiary/aromatic N) is 6. The van der Waals surface area contributed by atoms with Crippen LogP contribution in [0.2, 0.25) is 0 Å². The predicted octanol–water partition coefficient (Wildman–Crippen LogP) is -5.31. The highest BCUT2D eigenvalue weighted by atomic mass is 15.9. The molecule has 3 fully saturated rings. The summed E-state index contributed by atoms with van der Waals surface area (Å²) < 4.78 is 0. The minimum atomic E-state index is -0.431. The van der Waals surface area contributed by atoms with Crippen molar-refractivity contribution in [3.05, 3.63) is 0 Å². The highest BCUT2D eigenvalue weighted by Crippen LogP contribution is 2.34. The third kappa shape index (κ3) is 1.59. The van der Waals surface area contributed by atoms with Gasteiger partial charge >= 0.3 is 0 Å². The van der Waals surface area contributed by atoms with E-state index < -0.39 is 12.3 Å². The topological polar surface area (TPSA) is 176 Å². The van der Waals surface area contributed by atoms with Crippen LogP contribution in [-0.4, -0.2) is 67.6 Å². The molecular formula is C7H22N12. The van der Waals surface area contributed by atoms with E-state index in [1.807, 2.05) is 6.92 Å². The lowest BCUT2D eigenvalue weighted by Gasteiger charge is -2.41. The second-order valence-electron chi connectivity index (χ2n) is 5.25. The first kappa shape index (κ1) is 13.5. The molecule has 0 amide bonds. The van der Waals surface area contributed by atoms with E-state index in [9.17, 15) is 0 Å². The molecule has 3 rings (SSSR count). The maximum atomic E-state index is 6.15. The van der Waals surface area contributed by atoms with Gasteiger partial charge in [-0.3, -0.25) is 35.1 Å². The molecule has 0 aromatic carbocycles. The van der Waals surface area contributed by atoms with Gasteiger partial charge in [0.1, 0.15) is 24.7 Å². The van der Waals surface area contributed by atoms with Gasteiger partial charge in [0.25, 0.3) is 0 Å². The van der Waals surface area contributed by atoms with E-state index in [2.05, 4.69) is 0 Å². The number of hydrazine groups is 6. The lowest BCUT2D eigenvalue weighted by atomic mass is 10.3. The van der Waals surface area contributed by atoms with E-state index >= 15 is 0 Å². The Morgan fingerprint density at radius 3 is 1.58 bits per heavy atom. The Labute approximate surface area is 110 Å². The van der Waals surface area contributed by atoms with Crippen molar-refractivity contribution >= 4 is 0 Å². The van der Waals surface area contributed by atoms with Gasteiger partial charge in [-0.25, -0.2) is 30.1 Å². The van der Waals surface area contributed by atoms with Crippen LogP contribution in [0.3, 0.4) is 0 Å². The van der Waals surface area contributed by atoms with Crippen LogP contribution in [0.5, 0.6) is 0 Å². The van der Waals surface area contributed by atoms with Crippen LogP contribution in [0.4, 0.5) is 0 Å². The molecule has 3 aliphatic rings. The standard InChI is InChI=1S/C7H22N12/c1-3-16(10)4-7-18(12)5(15(9)2-14(4)8)6(17(3)11)19(7)13/h3-7H,2,8-13H2,1H3. The summed E-state index contributed by atoms with van der Waals surface area (Å²) in [6.07, 6.45) is -1.85. The van der Waals surface area contributed by atoms with Crippen LogP contribution in [0.25, 0.3) is 0 Å². The van der Waals surface area contributed by atoms with Gasteiger partial charge in [-0.05, 0) is 6.92 Å². The Hall–Kier alpha value is -0.480. The van der Waals surface area contributed by atoms with Gasteiger partial charge in [0, 0.05) is 0 Å². The molecule has 12 heteroatoms. The zero-order valence-corrected chi connectivity index (χ0v) is 10.7. The first-order valence-corrected chi connectivity index (χ1v) is 6.01. The summed E-state index contributed by atoms with van der Waals surface area (Å²) >= 11 is 0. The van der Waals surface area contributed by atoms with Crippen LogP contribution in [-0.2, 0) is 0 Å². The second-order valence-corrected chi connectivity index (χ2v) is 5.25. The summed E-state index contributed by atoms with van der Waals surface area (Å²) in [5.41, 5.74) is 0. The summed E-state index contributed by atoms with van der Waals surface area (Å²) in [6, 6.07) is 0. The minimum Gasteiger partial charge on any atom is -0.266 e. The van der Waals surface area contributed by atoms with Gasteiger partial charge in [-0.15, -0.1) is 0 Å². The Bertz CT molecular complexity index is 360. The molecule has 0 spiro atoms. The number of rotatable bonds is 0. The minimum absolute atomic E-state index is 0.264. The average molecular weight is 274 g/mol. The van der Waals surface area contributed by atoms with Crippen LogP contribution in [0.15, 0.2) is 0 Å². The Morgan fingerprint density at radius 2 is 1.00 bits per heavy atom. The third-order valence-corrected chi connectivity index (χ3v) is 4.24. The van der Waals surface area contributed by atoms with Crippen molar-refractivity contribution in [3.63, 3.8) is 0 Å². The molecule has 5 unspecified atom stereocenters. The van der Waals surface area contributed by atoms with Crippen LogP contribution in [0.1, 0.15) is 6.92 Å². The van der Waals surface area contributed by atoms with Gasteiger partial charge in [-0.2, -0.15) is 0 Å². The summed E-state index contributed by atoms with van der Waals surface area (Å²) in [5, 5.41) is 9.21. The van der Waals surface area contributed by atoms with Crippen molar-refractivity contribution in [1.82, 2.24) is 30.1 Å². The SMILES string of the molecule is CC1N(N)C2C3N(N)C(C(N1N)N3N)N(N)CN2N. The smallest absolute Gasteiger partial charge is 0.124 e. The van der Waals surface area contributed by atoms with Crippen LogP contribution in [0, 0.1) is 0 Å². The maximum absolute atomic E-state index is 6.15. The molecule has 0 saturated carbocycles. The molecular weight excluding hydrogens is 252 g/mol. The molecule has 19 heavy (non-hydrogen) atoms. The van der Waals surface area contributed by atoms with Crippen molar-refractivity contribution < 1.29 is 0 Å².